The summed E-state index contributed by atoms with van der Waals surface area (Å²) < 4.78 is 2.02. The van der Waals surface area contributed by atoms with Gasteiger partial charge >= 0.3 is 0 Å². The van der Waals surface area contributed by atoms with Crippen LogP contribution in [0.3, 0.4) is 0 Å². The first-order valence-corrected chi connectivity index (χ1v) is 7.31. The smallest absolute Gasteiger partial charge is 0.182 e. The van der Waals surface area contributed by atoms with Crippen molar-refractivity contribution < 1.29 is 0 Å². The van der Waals surface area contributed by atoms with Crippen molar-refractivity contribution in [2.75, 3.05) is 5.73 Å². The SMILES string of the molecule is Cc1cc(N)ccc1-c1nnnn1C1CCCCC1C. The molecule has 3 rings (SSSR count). The van der Waals surface area contributed by atoms with E-state index < -0.39 is 0 Å². The van der Waals surface area contributed by atoms with Crippen LogP contribution in [0, 0.1) is 12.8 Å². The van der Waals surface area contributed by atoms with Gasteiger partial charge in [-0.25, -0.2) is 4.68 Å². The second-order valence-corrected chi connectivity index (χ2v) is 5.85. The highest BCUT2D eigenvalue weighted by molar-refractivity contribution is 5.63. The average Bonchev–Trinajstić information content (AvgIpc) is 2.88. The largest absolute Gasteiger partial charge is 0.399 e. The van der Waals surface area contributed by atoms with Crippen molar-refractivity contribution in [2.45, 2.75) is 45.6 Å². The first-order chi connectivity index (χ1) is 9.66. The third kappa shape index (κ3) is 2.28. The monoisotopic (exact) mass is 271 g/mol. The van der Waals surface area contributed by atoms with Crippen LogP contribution in [0.25, 0.3) is 11.4 Å². The molecule has 1 heterocycles. The molecule has 2 unspecified atom stereocenters. The van der Waals surface area contributed by atoms with Gasteiger partial charge in [0.05, 0.1) is 6.04 Å². The van der Waals surface area contributed by atoms with E-state index in [1.807, 2.05) is 22.9 Å². The molecule has 1 aromatic carbocycles. The molecular formula is C15H21N5. The van der Waals surface area contributed by atoms with Crippen LogP contribution in [0.2, 0.25) is 0 Å². The molecule has 2 aromatic rings. The summed E-state index contributed by atoms with van der Waals surface area (Å²) in [4.78, 5) is 0. The lowest BCUT2D eigenvalue weighted by atomic mass is 9.86. The molecule has 20 heavy (non-hydrogen) atoms. The molecule has 5 heteroatoms. The highest BCUT2D eigenvalue weighted by atomic mass is 15.5. The molecule has 0 saturated heterocycles. The summed E-state index contributed by atoms with van der Waals surface area (Å²) in [6.45, 7) is 4.35. The van der Waals surface area contributed by atoms with E-state index in [9.17, 15) is 0 Å². The van der Waals surface area contributed by atoms with E-state index in [1.165, 1.54) is 19.3 Å². The summed E-state index contributed by atoms with van der Waals surface area (Å²) in [6.07, 6.45) is 4.99. The summed E-state index contributed by atoms with van der Waals surface area (Å²) in [5, 5.41) is 12.4. The Labute approximate surface area is 119 Å². The van der Waals surface area contributed by atoms with Gasteiger partial charge in [0.2, 0.25) is 0 Å². The van der Waals surface area contributed by atoms with Crippen LogP contribution in [0.1, 0.15) is 44.2 Å². The van der Waals surface area contributed by atoms with Crippen LogP contribution >= 0.6 is 0 Å². The normalized spacial score (nSPS) is 22.9. The minimum atomic E-state index is 0.408. The number of aryl methyl sites for hydroxylation is 1. The third-order valence-corrected chi connectivity index (χ3v) is 4.36. The molecule has 2 N–H and O–H groups in total. The lowest BCUT2D eigenvalue weighted by Gasteiger charge is -2.29. The van der Waals surface area contributed by atoms with E-state index in [4.69, 9.17) is 5.73 Å². The Bertz CT molecular complexity index is 604. The van der Waals surface area contributed by atoms with E-state index in [0.717, 1.165) is 29.1 Å². The van der Waals surface area contributed by atoms with Gasteiger partial charge in [0.25, 0.3) is 0 Å². The maximum Gasteiger partial charge on any atom is 0.182 e. The van der Waals surface area contributed by atoms with Crippen LogP contribution in [-0.4, -0.2) is 20.2 Å². The summed E-state index contributed by atoms with van der Waals surface area (Å²) >= 11 is 0. The number of aromatic nitrogens is 4. The van der Waals surface area contributed by atoms with Crippen LogP contribution in [0.15, 0.2) is 18.2 Å². The maximum absolute atomic E-state index is 5.83. The van der Waals surface area contributed by atoms with Crippen molar-refractivity contribution >= 4 is 5.69 Å². The third-order valence-electron chi connectivity index (χ3n) is 4.36. The van der Waals surface area contributed by atoms with Gasteiger partial charge in [-0.2, -0.15) is 0 Å². The van der Waals surface area contributed by atoms with Crippen molar-refractivity contribution in [1.29, 1.82) is 0 Å². The number of tetrazole rings is 1. The molecular weight excluding hydrogens is 250 g/mol. The fraction of sp³-hybridized carbons (Fsp3) is 0.533. The summed E-state index contributed by atoms with van der Waals surface area (Å²) in [6, 6.07) is 6.30. The Balaban J connectivity index is 2.01. The number of nitrogens with two attached hydrogens (primary N) is 1. The van der Waals surface area contributed by atoms with E-state index in [2.05, 4.69) is 29.4 Å². The fourth-order valence-electron chi connectivity index (χ4n) is 3.19. The van der Waals surface area contributed by atoms with E-state index in [1.54, 1.807) is 0 Å². The quantitative estimate of drug-likeness (QED) is 0.852. The van der Waals surface area contributed by atoms with Gasteiger partial charge in [-0.3, -0.25) is 0 Å². The lowest BCUT2D eigenvalue weighted by Crippen LogP contribution is -2.23. The molecule has 0 aliphatic heterocycles. The molecule has 2 atom stereocenters. The molecule has 5 nitrogen and oxygen atoms in total. The summed E-state index contributed by atoms with van der Waals surface area (Å²) in [7, 11) is 0. The Morgan fingerprint density at radius 2 is 2.05 bits per heavy atom. The molecule has 0 amide bonds. The zero-order chi connectivity index (χ0) is 14.1. The highest BCUT2D eigenvalue weighted by Gasteiger charge is 2.27. The Morgan fingerprint density at radius 3 is 2.80 bits per heavy atom. The van der Waals surface area contributed by atoms with Gasteiger partial charge in [-0.15, -0.1) is 5.10 Å². The molecule has 1 saturated carbocycles. The van der Waals surface area contributed by atoms with E-state index >= 15 is 0 Å². The minimum Gasteiger partial charge on any atom is -0.399 e. The van der Waals surface area contributed by atoms with Crippen LogP contribution in [-0.2, 0) is 0 Å². The van der Waals surface area contributed by atoms with Gasteiger partial charge in [0.1, 0.15) is 0 Å². The van der Waals surface area contributed by atoms with Crippen molar-refractivity contribution in [3.63, 3.8) is 0 Å². The van der Waals surface area contributed by atoms with Crippen LogP contribution in [0.5, 0.6) is 0 Å². The molecule has 1 aromatic heterocycles. The number of benzene rings is 1. The first-order valence-electron chi connectivity index (χ1n) is 7.31. The standard InChI is InChI=1S/C15H21N5/c1-10-5-3-4-6-14(10)20-15(17-18-19-20)13-8-7-12(16)9-11(13)2/h7-10,14H,3-6,16H2,1-2H3. The number of nitrogen functional groups attached to an aromatic ring is 1. The predicted octanol–water partition coefficient (Wildman–Crippen LogP) is 2.98. The topological polar surface area (TPSA) is 69.6 Å². The molecule has 0 radical (unpaired) electrons. The number of nitrogens with zero attached hydrogens (tertiary/aromatic N) is 4. The zero-order valence-corrected chi connectivity index (χ0v) is 12.1. The average molecular weight is 271 g/mol. The molecule has 1 aliphatic rings. The molecule has 0 bridgehead atoms. The number of hydrogen-bond donors (Lipinski definition) is 1. The highest BCUT2D eigenvalue weighted by Crippen LogP contribution is 2.35. The van der Waals surface area contributed by atoms with Gasteiger partial charge in [0.15, 0.2) is 5.82 Å². The van der Waals surface area contributed by atoms with Crippen LogP contribution < -0.4 is 5.73 Å². The molecule has 1 fully saturated rings. The lowest BCUT2D eigenvalue weighted by molar-refractivity contribution is 0.239. The van der Waals surface area contributed by atoms with Crippen molar-refractivity contribution in [3.05, 3.63) is 23.8 Å². The molecule has 0 spiro atoms. The Hall–Kier alpha value is -1.91. The van der Waals surface area contributed by atoms with E-state index in [0.29, 0.717) is 12.0 Å². The molecule has 106 valence electrons. The second kappa shape index (κ2) is 5.23. The van der Waals surface area contributed by atoms with Crippen molar-refractivity contribution in [2.24, 2.45) is 5.92 Å². The van der Waals surface area contributed by atoms with E-state index in [-0.39, 0.29) is 0 Å². The maximum atomic E-state index is 5.83. The number of rotatable bonds is 2. The second-order valence-electron chi connectivity index (χ2n) is 5.85. The minimum absolute atomic E-state index is 0.408. The Morgan fingerprint density at radius 1 is 1.25 bits per heavy atom. The summed E-state index contributed by atoms with van der Waals surface area (Å²) in [5.74, 6) is 1.49. The van der Waals surface area contributed by atoms with Crippen molar-refractivity contribution in [1.82, 2.24) is 20.2 Å². The van der Waals surface area contributed by atoms with Crippen molar-refractivity contribution in [3.8, 4) is 11.4 Å². The molecule has 1 aliphatic carbocycles. The Kier molecular flexibility index (Phi) is 3.42. The first kappa shape index (κ1) is 13.1. The number of hydrogen-bond acceptors (Lipinski definition) is 4. The van der Waals surface area contributed by atoms with Crippen LogP contribution in [0.4, 0.5) is 5.69 Å². The van der Waals surface area contributed by atoms with Gasteiger partial charge in [-0.05, 0) is 59.9 Å². The van der Waals surface area contributed by atoms with Gasteiger partial charge in [0, 0.05) is 11.3 Å². The van der Waals surface area contributed by atoms with Gasteiger partial charge in [-0.1, -0.05) is 19.8 Å². The van der Waals surface area contributed by atoms with Gasteiger partial charge < -0.3 is 5.73 Å². The number of anilines is 1. The summed E-state index contributed by atoms with van der Waals surface area (Å²) in [5.41, 5.74) is 8.79. The zero-order valence-electron chi connectivity index (χ0n) is 12.1. The fourth-order valence-corrected chi connectivity index (χ4v) is 3.19. The predicted molar refractivity (Wildman–Crippen MR) is 79.1 cm³/mol.